The van der Waals surface area contributed by atoms with Gasteiger partial charge in [-0.15, -0.1) is 3.75 Å². The van der Waals surface area contributed by atoms with Gasteiger partial charge >= 0.3 is 0 Å². The van der Waals surface area contributed by atoms with Gasteiger partial charge in [-0.1, -0.05) is 42.5 Å². The van der Waals surface area contributed by atoms with Crippen molar-refractivity contribution < 1.29 is 8.42 Å². The lowest BCUT2D eigenvalue weighted by Crippen LogP contribution is -2.12. The van der Waals surface area contributed by atoms with Crippen molar-refractivity contribution in [1.29, 1.82) is 0 Å². The molecule has 3 nitrogen and oxygen atoms in total. The highest BCUT2D eigenvalue weighted by molar-refractivity contribution is 9.09. The van der Waals surface area contributed by atoms with Gasteiger partial charge in [-0.25, -0.2) is 8.42 Å². The van der Waals surface area contributed by atoms with Crippen molar-refractivity contribution in [3.8, 4) is 11.1 Å². The highest BCUT2D eigenvalue weighted by Crippen LogP contribution is 2.20. The first-order valence-electron chi connectivity index (χ1n) is 4.91. The molecule has 0 bridgehead atoms. The molecule has 0 saturated carbocycles. The molecule has 0 fully saturated rings. The molecule has 88 valence electrons. The van der Waals surface area contributed by atoms with Gasteiger partial charge in [-0.05, 0) is 23.3 Å². The van der Waals surface area contributed by atoms with E-state index in [9.17, 15) is 8.42 Å². The van der Waals surface area contributed by atoms with Crippen molar-refractivity contribution in [3.05, 3.63) is 54.6 Å². The Kier molecular flexibility index (Phi) is 3.61. The van der Waals surface area contributed by atoms with Crippen LogP contribution < -0.4 is 3.75 Å². The molecule has 0 aliphatic carbocycles. The van der Waals surface area contributed by atoms with Crippen LogP contribution >= 0.6 is 16.1 Å². The Morgan fingerprint density at radius 2 is 1.35 bits per heavy atom. The van der Waals surface area contributed by atoms with Crippen LogP contribution in [0.15, 0.2) is 59.5 Å². The smallest absolute Gasteiger partial charge is 0.206 e. The molecule has 0 aliphatic heterocycles. The fourth-order valence-corrected chi connectivity index (χ4v) is 2.65. The summed E-state index contributed by atoms with van der Waals surface area (Å²) in [4.78, 5) is 0.231. The normalized spacial score (nSPS) is 11.4. The van der Waals surface area contributed by atoms with Crippen LogP contribution in [0, 0.1) is 0 Å². The Bertz CT molecular complexity index is 594. The highest BCUT2D eigenvalue weighted by Gasteiger charge is 2.11. The lowest BCUT2D eigenvalue weighted by molar-refractivity contribution is 0.595. The van der Waals surface area contributed by atoms with E-state index in [0.29, 0.717) is 0 Å². The molecule has 2 aromatic rings. The minimum absolute atomic E-state index is 0.231. The third kappa shape index (κ3) is 2.74. The molecule has 1 N–H and O–H groups in total. The van der Waals surface area contributed by atoms with Gasteiger partial charge in [0.2, 0.25) is 10.0 Å². The first-order valence-corrected chi connectivity index (χ1v) is 7.19. The summed E-state index contributed by atoms with van der Waals surface area (Å²) in [7, 11) is -3.43. The SMILES string of the molecule is O=S(=O)(NBr)c1ccc(-c2ccccc2)cc1. The molecule has 17 heavy (non-hydrogen) atoms. The van der Waals surface area contributed by atoms with E-state index in [4.69, 9.17) is 0 Å². The summed E-state index contributed by atoms with van der Waals surface area (Å²) in [6.45, 7) is 0. The van der Waals surface area contributed by atoms with Gasteiger partial charge in [0.15, 0.2) is 0 Å². The summed E-state index contributed by atoms with van der Waals surface area (Å²) in [6, 6.07) is 16.5. The van der Waals surface area contributed by atoms with E-state index in [2.05, 4.69) is 19.9 Å². The van der Waals surface area contributed by atoms with Crippen LogP contribution in [-0.4, -0.2) is 8.42 Å². The number of hydrogen-bond acceptors (Lipinski definition) is 2. The minimum Gasteiger partial charge on any atom is -0.206 e. The van der Waals surface area contributed by atoms with Crippen molar-refractivity contribution in [2.24, 2.45) is 0 Å². The highest BCUT2D eigenvalue weighted by atomic mass is 79.9. The second-order valence-electron chi connectivity index (χ2n) is 3.47. The number of sulfonamides is 1. The van der Waals surface area contributed by atoms with Crippen LogP contribution in [0.3, 0.4) is 0 Å². The largest absolute Gasteiger partial charge is 0.250 e. The van der Waals surface area contributed by atoms with Crippen LogP contribution in [0.5, 0.6) is 0 Å². The van der Waals surface area contributed by atoms with Crippen LogP contribution in [0.4, 0.5) is 0 Å². The van der Waals surface area contributed by atoms with Crippen molar-refractivity contribution in [2.75, 3.05) is 0 Å². The van der Waals surface area contributed by atoms with E-state index >= 15 is 0 Å². The van der Waals surface area contributed by atoms with Gasteiger partial charge in [0, 0.05) is 16.1 Å². The predicted octanol–water partition coefficient (Wildman–Crippen LogP) is 2.94. The molecule has 2 aromatic carbocycles. The maximum absolute atomic E-state index is 11.5. The summed E-state index contributed by atoms with van der Waals surface area (Å²) in [6.07, 6.45) is 0. The van der Waals surface area contributed by atoms with Crippen LogP contribution in [0.25, 0.3) is 11.1 Å². The topological polar surface area (TPSA) is 46.2 Å². The summed E-state index contributed by atoms with van der Waals surface area (Å²) < 4.78 is 25.1. The Morgan fingerprint density at radius 3 is 1.88 bits per heavy atom. The molecule has 0 aliphatic rings. The van der Waals surface area contributed by atoms with Crippen LogP contribution in [0.2, 0.25) is 0 Å². The average molecular weight is 312 g/mol. The average Bonchev–Trinajstić information content (AvgIpc) is 2.40. The maximum Gasteiger partial charge on any atom is 0.250 e. The van der Waals surface area contributed by atoms with Gasteiger partial charge in [-0.2, -0.15) is 0 Å². The molecular weight excluding hydrogens is 302 g/mol. The number of rotatable bonds is 3. The van der Waals surface area contributed by atoms with E-state index in [0.717, 1.165) is 11.1 Å². The van der Waals surface area contributed by atoms with Gasteiger partial charge in [0.05, 0.1) is 4.90 Å². The number of nitrogens with one attached hydrogen (secondary N) is 1. The standard InChI is InChI=1S/C12H10BrNO2S/c13-14-17(15,16)12-8-6-11(7-9-12)10-4-2-1-3-5-10/h1-9,14H. The number of benzene rings is 2. The van der Waals surface area contributed by atoms with Gasteiger partial charge in [0.25, 0.3) is 0 Å². The third-order valence-corrected chi connectivity index (χ3v) is 4.75. The van der Waals surface area contributed by atoms with Crippen molar-refractivity contribution in [1.82, 2.24) is 3.75 Å². The molecule has 0 radical (unpaired) electrons. The zero-order valence-electron chi connectivity index (χ0n) is 8.80. The van der Waals surface area contributed by atoms with Gasteiger partial charge in [-0.3, -0.25) is 0 Å². The summed E-state index contributed by atoms with van der Waals surface area (Å²) in [5.74, 6) is 0. The molecule has 5 heteroatoms. The van der Waals surface area contributed by atoms with Gasteiger partial charge in [0.1, 0.15) is 0 Å². The van der Waals surface area contributed by atoms with Crippen molar-refractivity contribution in [2.45, 2.75) is 4.90 Å². The van der Waals surface area contributed by atoms with Crippen LogP contribution in [0.1, 0.15) is 0 Å². The fourth-order valence-electron chi connectivity index (χ4n) is 1.50. The van der Waals surface area contributed by atoms with E-state index in [1.165, 1.54) is 0 Å². The molecule has 0 saturated heterocycles. The molecule has 0 unspecified atom stereocenters. The zero-order valence-corrected chi connectivity index (χ0v) is 11.2. The molecule has 0 heterocycles. The number of halogens is 1. The molecule has 0 spiro atoms. The molecular formula is C12H10BrNO2S. The molecule has 0 amide bonds. The molecule has 0 atom stereocenters. The Hall–Kier alpha value is -1.17. The molecule has 0 aromatic heterocycles. The minimum atomic E-state index is -3.43. The second kappa shape index (κ2) is 5.00. The second-order valence-corrected chi connectivity index (χ2v) is 6.07. The van der Waals surface area contributed by atoms with Crippen LogP contribution in [-0.2, 0) is 10.0 Å². The van der Waals surface area contributed by atoms with Gasteiger partial charge < -0.3 is 0 Å². The quantitative estimate of drug-likeness (QED) is 0.886. The monoisotopic (exact) mass is 311 g/mol. The van der Waals surface area contributed by atoms with E-state index in [-0.39, 0.29) is 4.90 Å². The maximum atomic E-state index is 11.5. The Balaban J connectivity index is 2.38. The van der Waals surface area contributed by atoms with E-state index in [1.807, 2.05) is 30.3 Å². The summed E-state index contributed by atoms with van der Waals surface area (Å²) in [5, 5.41) is 0. The Morgan fingerprint density at radius 1 is 0.824 bits per heavy atom. The summed E-state index contributed by atoms with van der Waals surface area (Å²) in [5.41, 5.74) is 2.04. The Labute approximate surface area is 109 Å². The number of hydrogen-bond donors (Lipinski definition) is 1. The lowest BCUT2D eigenvalue weighted by atomic mass is 10.1. The first kappa shape index (κ1) is 12.3. The lowest BCUT2D eigenvalue weighted by Gasteiger charge is -2.04. The third-order valence-electron chi connectivity index (χ3n) is 2.37. The van der Waals surface area contributed by atoms with Crippen molar-refractivity contribution >= 4 is 26.2 Å². The fraction of sp³-hybridized carbons (Fsp3) is 0. The zero-order chi connectivity index (χ0) is 12.3. The molecule has 2 rings (SSSR count). The summed E-state index contributed by atoms with van der Waals surface area (Å²) >= 11 is 2.73. The van der Waals surface area contributed by atoms with E-state index in [1.54, 1.807) is 24.3 Å². The predicted molar refractivity (Wildman–Crippen MR) is 71.1 cm³/mol. The van der Waals surface area contributed by atoms with Crippen molar-refractivity contribution in [3.63, 3.8) is 0 Å². The first-order chi connectivity index (χ1) is 8.13. The van der Waals surface area contributed by atoms with E-state index < -0.39 is 10.0 Å².